The van der Waals surface area contributed by atoms with Crippen LogP contribution < -0.4 is 14.4 Å². The molecule has 0 aromatic heterocycles. The first-order valence-corrected chi connectivity index (χ1v) is 9.00. The number of hydrogen-bond donors (Lipinski definition) is 0. The molecule has 0 spiro atoms. The molecule has 0 radical (unpaired) electrons. The van der Waals surface area contributed by atoms with E-state index in [1.165, 1.54) is 30.2 Å². The van der Waals surface area contributed by atoms with Crippen molar-refractivity contribution in [1.82, 2.24) is 0 Å². The van der Waals surface area contributed by atoms with E-state index in [1.807, 2.05) is 6.07 Å². The van der Waals surface area contributed by atoms with Crippen molar-refractivity contribution >= 4 is 57.6 Å². The molecule has 1 amide bonds. The fraction of sp³-hybridized carbons (Fsp3) is 0.111. The Morgan fingerprint density at radius 3 is 2.65 bits per heavy atom. The van der Waals surface area contributed by atoms with Gasteiger partial charge in [-0.05, 0) is 30.3 Å². The molecule has 0 N–H and O–H groups in total. The molecule has 0 atom stereocenters. The zero-order valence-electron chi connectivity index (χ0n) is 13.8. The predicted octanol–water partition coefficient (Wildman–Crippen LogP) is 4.90. The minimum absolute atomic E-state index is 0.0741. The van der Waals surface area contributed by atoms with Gasteiger partial charge in [-0.3, -0.25) is 9.69 Å². The SMILES string of the molecule is COc1cccc(C=C2SC(=S)N(c3ccc(F)c(Cl)c3)C2=O)c1OC. The summed E-state index contributed by atoms with van der Waals surface area (Å²) in [6, 6.07) is 9.40. The Bertz CT molecular complexity index is 933. The number of amides is 1. The van der Waals surface area contributed by atoms with Crippen LogP contribution in [0.4, 0.5) is 10.1 Å². The molecule has 1 aliphatic rings. The Kier molecular flexibility index (Phi) is 5.50. The second kappa shape index (κ2) is 7.65. The number of nitrogens with zero attached hydrogens (tertiary/aromatic N) is 1. The highest BCUT2D eigenvalue weighted by Crippen LogP contribution is 2.39. The summed E-state index contributed by atoms with van der Waals surface area (Å²) >= 11 is 12.3. The lowest BCUT2D eigenvalue weighted by atomic mass is 10.1. The summed E-state index contributed by atoms with van der Waals surface area (Å²) in [6.07, 6.45) is 1.69. The van der Waals surface area contributed by atoms with Crippen LogP contribution in [-0.4, -0.2) is 24.4 Å². The minimum Gasteiger partial charge on any atom is -0.493 e. The number of rotatable bonds is 4. The van der Waals surface area contributed by atoms with E-state index < -0.39 is 5.82 Å². The van der Waals surface area contributed by atoms with Gasteiger partial charge < -0.3 is 9.47 Å². The number of halogens is 2. The summed E-state index contributed by atoms with van der Waals surface area (Å²) in [6.45, 7) is 0. The maximum Gasteiger partial charge on any atom is 0.270 e. The number of hydrogen-bond acceptors (Lipinski definition) is 5. The summed E-state index contributed by atoms with van der Waals surface area (Å²) in [5.41, 5.74) is 1.10. The van der Waals surface area contributed by atoms with Crippen LogP contribution in [0.1, 0.15) is 5.56 Å². The lowest BCUT2D eigenvalue weighted by Crippen LogP contribution is -2.27. The van der Waals surface area contributed by atoms with E-state index in [0.717, 1.165) is 11.8 Å². The summed E-state index contributed by atoms with van der Waals surface area (Å²) < 4.78 is 24.4. The summed E-state index contributed by atoms with van der Waals surface area (Å²) in [5.74, 6) is 0.206. The fourth-order valence-electron chi connectivity index (χ4n) is 2.48. The van der Waals surface area contributed by atoms with Crippen LogP contribution in [0.3, 0.4) is 0 Å². The number of para-hydroxylation sites is 1. The smallest absolute Gasteiger partial charge is 0.270 e. The van der Waals surface area contributed by atoms with Crippen molar-refractivity contribution in [1.29, 1.82) is 0 Å². The lowest BCUT2D eigenvalue weighted by molar-refractivity contribution is -0.113. The van der Waals surface area contributed by atoms with Gasteiger partial charge in [-0.1, -0.05) is 47.7 Å². The Hall–Kier alpha value is -2.09. The maximum absolute atomic E-state index is 13.4. The van der Waals surface area contributed by atoms with Gasteiger partial charge in [0.05, 0.1) is 29.8 Å². The number of thioether (sulfide) groups is 1. The maximum atomic E-state index is 13.4. The minimum atomic E-state index is -0.558. The van der Waals surface area contributed by atoms with Crippen molar-refractivity contribution in [2.24, 2.45) is 0 Å². The Balaban J connectivity index is 1.99. The number of anilines is 1. The Morgan fingerprint density at radius 2 is 2.00 bits per heavy atom. The van der Waals surface area contributed by atoms with Gasteiger partial charge in [-0.25, -0.2) is 4.39 Å². The first-order chi connectivity index (χ1) is 12.5. The standard InChI is InChI=1S/C18H13ClFNO3S2/c1-23-14-5-3-4-10(16(14)24-2)8-15-17(22)21(18(25)26-15)11-6-7-13(20)12(19)9-11/h3-9H,1-2H3. The average molecular weight is 410 g/mol. The highest BCUT2D eigenvalue weighted by Gasteiger charge is 2.34. The lowest BCUT2D eigenvalue weighted by Gasteiger charge is -2.15. The van der Waals surface area contributed by atoms with Gasteiger partial charge in [-0.2, -0.15) is 0 Å². The van der Waals surface area contributed by atoms with E-state index in [2.05, 4.69) is 0 Å². The molecular formula is C18H13ClFNO3S2. The van der Waals surface area contributed by atoms with Crippen LogP contribution in [0.5, 0.6) is 11.5 Å². The van der Waals surface area contributed by atoms with Crippen LogP contribution in [0.25, 0.3) is 6.08 Å². The van der Waals surface area contributed by atoms with Crippen molar-refractivity contribution in [2.45, 2.75) is 0 Å². The zero-order valence-corrected chi connectivity index (χ0v) is 16.2. The van der Waals surface area contributed by atoms with Gasteiger partial charge >= 0.3 is 0 Å². The number of methoxy groups -OCH3 is 2. The van der Waals surface area contributed by atoms with E-state index in [4.69, 9.17) is 33.3 Å². The Morgan fingerprint density at radius 1 is 1.23 bits per heavy atom. The van der Waals surface area contributed by atoms with Gasteiger partial charge in [0.25, 0.3) is 5.91 Å². The van der Waals surface area contributed by atoms with E-state index in [9.17, 15) is 9.18 Å². The third-order valence-electron chi connectivity index (χ3n) is 3.68. The van der Waals surface area contributed by atoms with E-state index in [0.29, 0.717) is 32.0 Å². The molecule has 1 fully saturated rings. The zero-order chi connectivity index (χ0) is 18.8. The number of carbonyl (C=O) groups excluding carboxylic acids is 1. The number of benzene rings is 2. The third kappa shape index (κ3) is 3.42. The number of ether oxygens (including phenoxy) is 2. The van der Waals surface area contributed by atoms with Crippen LogP contribution >= 0.6 is 35.6 Å². The van der Waals surface area contributed by atoms with E-state index >= 15 is 0 Å². The second-order valence-electron chi connectivity index (χ2n) is 5.20. The van der Waals surface area contributed by atoms with Gasteiger partial charge in [-0.15, -0.1) is 0 Å². The van der Waals surface area contributed by atoms with Gasteiger partial charge in [0, 0.05) is 5.56 Å². The van der Waals surface area contributed by atoms with Crippen molar-refractivity contribution in [3.63, 3.8) is 0 Å². The monoisotopic (exact) mass is 409 g/mol. The summed E-state index contributed by atoms with van der Waals surface area (Å²) in [7, 11) is 3.07. The van der Waals surface area contributed by atoms with Crippen molar-refractivity contribution in [2.75, 3.05) is 19.1 Å². The van der Waals surface area contributed by atoms with Crippen molar-refractivity contribution in [3.8, 4) is 11.5 Å². The predicted molar refractivity (Wildman–Crippen MR) is 107 cm³/mol. The number of carbonyl (C=O) groups is 1. The molecule has 1 saturated heterocycles. The first-order valence-electron chi connectivity index (χ1n) is 7.40. The normalized spacial score (nSPS) is 15.7. The first kappa shape index (κ1) is 18.7. The van der Waals surface area contributed by atoms with Crippen molar-refractivity contribution < 1.29 is 18.7 Å². The molecule has 0 bridgehead atoms. The second-order valence-corrected chi connectivity index (χ2v) is 7.28. The Labute approximate surface area is 164 Å². The average Bonchev–Trinajstić information content (AvgIpc) is 2.90. The summed E-state index contributed by atoms with van der Waals surface area (Å²) in [5, 5.41) is -0.0741. The molecule has 2 aromatic rings. The highest BCUT2D eigenvalue weighted by molar-refractivity contribution is 8.27. The molecule has 26 heavy (non-hydrogen) atoms. The molecule has 1 heterocycles. The molecule has 3 rings (SSSR count). The molecule has 1 aliphatic heterocycles. The van der Waals surface area contributed by atoms with Crippen LogP contribution in [0, 0.1) is 5.82 Å². The van der Waals surface area contributed by atoms with Gasteiger partial charge in [0.2, 0.25) is 0 Å². The van der Waals surface area contributed by atoms with Crippen molar-refractivity contribution in [3.05, 3.63) is 57.7 Å². The quantitative estimate of drug-likeness (QED) is 0.530. The molecular weight excluding hydrogens is 397 g/mol. The highest BCUT2D eigenvalue weighted by atomic mass is 35.5. The molecule has 8 heteroatoms. The fourth-order valence-corrected chi connectivity index (χ4v) is 3.95. The van der Waals surface area contributed by atoms with Crippen LogP contribution in [0.2, 0.25) is 5.02 Å². The molecule has 0 saturated carbocycles. The van der Waals surface area contributed by atoms with Gasteiger partial charge in [0.1, 0.15) is 5.82 Å². The van der Waals surface area contributed by atoms with Gasteiger partial charge in [0.15, 0.2) is 15.8 Å². The molecule has 2 aromatic carbocycles. The van der Waals surface area contributed by atoms with E-state index in [1.54, 1.807) is 25.3 Å². The number of thiocarbonyl (C=S) groups is 1. The topological polar surface area (TPSA) is 38.8 Å². The van der Waals surface area contributed by atoms with Crippen LogP contribution in [-0.2, 0) is 4.79 Å². The summed E-state index contributed by atoms with van der Waals surface area (Å²) in [4.78, 5) is 14.6. The largest absolute Gasteiger partial charge is 0.493 e. The molecule has 4 nitrogen and oxygen atoms in total. The van der Waals surface area contributed by atoms with E-state index in [-0.39, 0.29) is 10.9 Å². The molecule has 0 aliphatic carbocycles. The van der Waals surface area contributed by atoms with Crippen LogP contribution in [0.15, 0.2) is 41.3 Å². The third-order valence-corrected chi connectivity index (χ3v) is 5.27. The molecule has 134 valence electrons. The molecule has 0 unspecified atom stereocenters.